The molecular formula is C12H18BNO3. The predicted octanol–water partition coefficient (Wildman–Crippen LogP) is 1.27. The normalized spacial score (nSPS) is 21.8. The van der Waals surface area contributed by atoms with E-state index in [1.54, 1.807) is 18.2 Å². The van der Waals surface area contributed by atoms with Gasteiger partial charge in [0.05, 0.1) is 16.9 Å². The number of hydrogen-bond donors (Lipinski definition) is 2. The summed E-state index contributed by atoms with van der Waals surface area (Å²) in [6.07, 6.45) is 0. The number of phenols is 1. The van der Waals surface area contributed by atoms with E-state index in [-0.39, 0.29) is 5.75 Å². The van der Waals surface area contributed by atoms with E-state index in [0.29, 0.717) is 11.2 Å². The van der Waals surface area contributed by atoms with Gasteiger partial charge in [0, 0.05) is 5.46 Å². The van der Waals surface area contributed by atoms with E-state index in [0.717, 1.165) is 0 Å². The highest BCUT2D eigenvalue weighted by molar-refractivity contribution is 6.63. The molecule has 0 bridgehead atoms. The fourth-order valence-electron chi connectivity index (χ4n) is 1.74. The van der Waals surface area contributed by atoms with E-state index >= 15 is 0 Å². The molecule has 17 heavy (non-hydrogen) atoms. The molecule has 0 unspecified atom stereocenters. The lowest BCUT2D eigenvalue weighted by Crippen LogP contribution is -2.41. The topological polar surface area (TPSA) is 64.7 Å². The van der Waals surface area contributed by atoms with Gasteiger partial charge in [-0.15, -0.1) is 0 Å². The minimum atomic E-state index is -0.580. The van der Waals surface area contributed by atoms with Crippen LogP contribution in [0.2, 0.25) is 0 Å². The van der Waals surface area contributed by atoms with Gasteiger partial charge in [0.25, 0.3) is 0 Å². The number of para-hydroxylation sites is 1. The summed E-state index contributed by atoms with van der Waals surface area (Å²) >= 11 is 0. The fraction of sp³-hybridized carbons (Fsp3) is 0.500. The third-order valence-corrected chi connectivity index (χ3v) is 3.61. The summed E-state index contributed by atoms with van der Waals surface area (Å²) in [5.41, 5.74) is 5.72. The minimum Gasteiger partial charge on any atom is -0.506 e. The van der Waals surface area contributed by atoms with Crippen LogP contribution in [0.1, 0.15) is 27.7 Å². The lowest BCUT2D eigenvalue weighted by Gasteiger charge is -2.32. The molecule has 1 heterocycles. The average molecular weight is 235 g/mol. The molecule has 1 aromatic rings. The first-order valence-electron chi connectivity index (χ1n) is 5.67. The molecule has 3 N–H and O–H groups in total. The second kappa shape index (κ2) is 3.65. The van der Waals surface area contributed by atoms with Crippen LogP contribution in [-0.4, -0.2) is 23.4 Å². The molecule has 1 fully saturated rings. The molecule has 0 amide bonds. The number of nitrogens with two attached hydrogens (primary N) is 1. The monoisotopic (exact) mass is 235 g/mol. The third kappa shape index (κ3) is 1.89. The van der Waals surface area contributed by atoms with Gasteiger partial charge in [-0.1, -0.05) is 12.1 Å². The van der Waals surface area contributed by atoms with Crippen molar-refractivity contribution in [3.63, 3.8) is 0 Å². The van der Waals surface area contributed by atoms with E-state index in [2.05, 4.69) is 0 Å². The van der Waals surface area contributed by atoms with Crippen molar-refractivity contribution in [1.29, 1.82) is 0 Å². The van der Waals surface area contributed by atoms with Crippen molar-refractivity contribution in [1.82, 2.24) is 0 Å². The van der Waals surface area contributed by atoms with Gasteiger partial charge in [-0.3, -0.25) is 0 Å². The minimum absolute atomic E-state index is 0.0333. The summed E-state index contributed by atoms with van der Waals surface area (Å²) in [6, 6.07) is 5.17. The van der Waals surface area contributed by atoms with Crippen LogP contribution in [0, 0.1) is 0 Å². The molecule has 2 rings (SSSR count). The summed E-state index contributed by atoms with van der Waals surface area (Å²) in [4.78, 5) is 0. The second-order valence-electron chi connectivity index (χ2n) is 5.37. The number of phenolic OH excluding ortho intramolecular Hbond substituents is 1. The summed E-state index contributed by atoms with van der Waals surface area (Å²) in [5.74, 6) is 0.0333. The predicted molar refractivity (Wildman–Crippen MR) is 68.2 cm³/mol. The van der Waals surface area contributed by atoms with Crippen LogP contribution in [0.25, 0.3) is 0 Å². The lowest BCUT2D eigenvalue weighted by atomic mass is 9.78. The van der Waals surface area contributed by atoms with Gasteiger partial charge in [0.15, 0.2) is 0 Å². The van der Waals surface area contributed by atoms with Gasteiger partial charge in [-0.05, 0) is 33.8 Å². The highest BCUT2D eigenvalue weighted by atomic mass is 16.7. The van der Waals surface area contributed by atoms with Gasteiger partial charge in [-0.25, -0.2) is 0 Å². The molecule has 0 aliphatic carbocycles. The fourth-order valence-corrected chi connectivity index (χ4v) is 1.74. The van der Waals surface area contributed by atoms with Crippen LogP contribution >= 0.6 is 0 Å². The maximum Gasteiger partial charge on any atom is 0.498 e. The molecule has 0 radical (unpaired) electrons. The standard InChI is InChI=1S/C12H18BNO3/c1-11(2)12(3,4)17-13(16-11)8-6-5-7-9(14)10(8)15/h5-7,15H,14H2,1-4H3. The highest BCUT2D eigenvalue weighted by Gasteiger charge is 2.52. The lowest BCUT2D eigenvalue weighted by molar-refractivity contribution is 0.00578. The molecule has 0 spiro atoms. The summed E-state index contributed by atoms with van der Waals surface area (Å²) < 4.78 is 11.7. The first-order chi connectivity index (χ1) is 7.74. The molecule has 4 nitrogen and oxygen atoms in total. The van der Waals surface area contributed by atoms with Crippen molar-refractivity contribution >= 4 is 18.3 Å². The molecule has 1 aliphatic heterocycles. The summed E-state index contributed by atoms with van der Waals surface area (Å²) in [6.45, 7) is 7.87. The maximum absolute atomic E-state index is 9.91. The van der Waals surface area contributed by atoms with Crippen molar-refractivity contribution in [3.8, 4) is 5.75 Å². The Balaban J connectivity index is 2.36. The van der Waals surface area contributed by atoms with Crippen LogP contribution in [0.15, 0.2) is 18.2 Å². The molecule has 92 valence electrons. The van der Waals surface area contributed by atoms with Crippen molar-refractivity contribution in [2.45, 2.75) is 38.9 Å². The highest BCUT2D eigenvalue weighted by Crippen LogP contribution is 2.37. The number of benzene rings is 1. The molecule has 1 aliphatic rings. The summed E-state index contributed by atoms with van der Waals surface area (Å²) in [7, 11) is -0.580. The Morgan fingerprint density at radius 3 is 2.18 bits per heavy atom. The first kappa shape index (κ1) is 12.3. The molecule has 0 saturated carbocycles. The van der Waals surface area contributed by atoms with Crippen LogP contribution < -0.4 is 11.2 Å². The summed E-state index contributed by atoms with van der Waals surface area (Å²) in [5, 5.41) is 9.91. The zero-order valence-corrected chi connectivity index (χ0v) is 10.7. The van der Waals surface area contributed by atoms with Crippen LogP contribution in [0.5, 0.6) is 5.75 Å². The second-order valence-corrected chi connectivity index (χ2v) is 5.37. The van der Waals surface area contributed by atoms with Gasteiger partial charge >= 0.3 is 7.12 Å². The molecule has 0 aromatic heterocycles. The molecule has 5 heteroatoms. The number of rotatable bonds is 1. The smallest absolute Gasteiger partial charge is 0.498 e. The van der Waals surface area contributed by atoms with E-state index < -0.39 is 18.3 Å². The van der Waals surface area contributed by atoms with Gasteiger partial charge in [0.2, 0.25) is 0 Å². The van der Waals surface area contributed by atoms with Crippen molar-refractivity contribution < 1.29 is 14.4 Å². The number of nitrogen functional groups attached to an aromatic ring is 1. The number of anilines is 1. The zero-order valence-electron chi connectivity index (χ0n) is 10.7. The Hall–Kier alpha value is -1.20. The van der Waals surface area contributed by atoms with E-state index in [1.807, 2.05) is 27.7 Å². The largest absolute Gasteiger partial charge is 0.506 e. The van der Waals surface area contributed by atoms with E-state index in [4.69, 9.17) is 15.0 Å². The third-order valence-electron chi connectivity index (χ3n) is 3.61. The molecule has 0 atom stereocenters. The quantitative estimate of drug-likeness (QED) is 0.437. The Kier molecular flexibility index (Phi) is 2.63. The first-order valence-corrected chi connectivity index (χ1v) is 5.67. The average Bonchev–Trinajstić information content (AvgIpc) is 2.40. The van der Waals surface area contributed by atoms with Crippen molar-refractivity contribution in [2.75, 3.05) is 5.73 Å². The Labute approximate surface area is 102 Å². The van der Waals surface area contributed by atoms with Crippen molar-refractivity contribution in [3.05, 3.63) is 18.2 Å². The zero-order chi connectivity index (χ0) is 12.8. The van der Waals surface area contributed by atoms with Gasteiger partial charge in [-0.2, -0.15) is 0 Å². The van der Waals surface area contributed by atoms with Crippen LogP contribution in [0.4, 0.5) is 5.69 Å². The Morgan fingerprint density at radius 2 is 1.65 bits per heavy atom. The Bertz CT molecular complexity index is 429. The molecule has 1 saturated heterocycles. The SMILES string of the molecule is CC1(C)OB(c2cccc(N)c2O)OC1(C)C. The molecular weight excluding hydrogens is 217 g/mol. The molecule has 1 aromatic carbocycles. The van der Waals surface area contributed by atoms with Crippen LogP contribution in [0.3, 0.4) is 0 Å². The van der Waals surface area contributed by atoms with Crippen molar-refractivity contribution in [2.24, 2.45) is 0 Å². The van der Waals surface area contributed by atoms with E-state index in [9.17, 15) is 5.11 Å². The van der Waals surface area contributed by atoms with Gasteiger partial charge in [0.1, 0.15) is 5.75 Å². The van der Waals surface area contributed by atoms with Gasteiger partial charge < -0.3 is 20.1 Å². The number of hydrogen-bond acceptors (Lipinski definition) is 4. The number of aromatic hydroxyl groups is 1. The Morgan fingerprint density at radius 1 is 1.12 bits per heavy atom. The maximum atomic E-state index is 9.91. The van der Waals surface area contributed by atoms with E-state index in [1.165, 1.54) is 0 Å². The van der Waals surface area contributed by atoms with Crippen LogP contribution in [-0.2, 0) is 9.31 Å².